The Balaban J connectivity index is 2.12. The summed E-state index contributed by atoms with van der Waals surface area (Å²) in [5.74, 6) is 2.58. The van der Waals surface area contributed by atoms with Crippen LogP contribution in [0.5, 0.6) is 0 Å². The highest BCUT2D eigenvalue weighted by atomic mass is 32.1. The van der Waals surface area contributed by atoms with Gasteiger partial charge in [-0.1, -0.05) is 6.92 Å². The van der Waals surface area contributed by atoms with Crippen LogP contribution in [0.4, 0.5) is 11.6 Å². The summed E-state index contributed by atoms with van der Waals surface area (Å²) in [5, 5.41) is 6.50. The van der Waals surface area contributed by atoms with Crippen molar-refractivity contribution < 1.29 is 0 Å². The first-order valence-electron chi connectivity index (χ1n) is 6.80. The van der Waals surface area contributed by atoms with Crippen molar-refractivity contribution in [3.63, 3.8) is 0 Å². The van der Waals surface area contributed by atoms with Crippen LogP contribution in [0.15, 0.2) is 11.4 Å². The van der Waals surface area contributed by atoms with Gasteiger partial charge in [-0.2, -0.15) is 0 Å². The van der Waals surface area contributed by atoms with Gasteiger partial charge in [0.1, 0.15) is 17.5 Å². The second-order valence-electron chi connectivity index (χ2n) is 4.80. The maximum atomic E-state index is 4.50. The minimum Gasteiger partial charge on any atom is -0.370 e. The van der Waals surface area contributed by atoms with E-state index in [1.54, 1.807) is 11.3 Å². The molecular formula is C14H21N5S. The summed E-state index contributed by atoms with van der Waals surface area (Å²) >= 11 is 1.68. The van der Waals surface area contributed by atoms with Crippen molar-refractivity contribution in [3.05, 3.63) is 28.0 Å². The second-order valence-corrected chi connectivity index (χ2v) is 5.86. The smallest absolute Gasteiger partial charge is 0.134 e. The van der Waals surface area contributed by atoms with Gasteiger partial charge >= 0.3 is 0 Å². The molecule has 2 rings (SSSR count). The molecule has 0 aliphatic rings. The molecule has 0 radical (unpaired) electrons. The van der Waals surface area contributed by atoms with Gasteiger partial charge in [0, 0.05) is 25.0 Å². The monoisotopic (exact) mass is 291 g/mol. The van der Waals surface area contributed by atoms with Crippen molar-refractivity contribution in [2.75, 3.05) is 23.8 Å². The molecule has 5 nitrogen and oxygen atoms in total. The summed E-state index contributed by atoms with van der Waals surface area (Å²) in [6.45, 7) is 7.76. The molecule has 2 aromatic rings. The van der Waals surface area contributed by atoms with E-state index in [4.69, 9.17) is 0 Å². The Labute approximate surface area is 124 Å². The predicted octanol–water partition coefficient (Wildman–Crippen LogP) is 3.01. The molecule has 0 aliphatic heterocycles. The van der Waals surface area contributed by atoms with Crippen molar-refractivity contribution in [2.45, 2.75) is 33.7 Å². The number of hydrogen-bond donors (Lipinski definition) is 1. The summed E-state index contributed by atoms with van der Waals surface area (Å²) < 4.78 is 0. The molecule has 0 unspecified atom stereocenters. The van der Waals surface area contributed by atoms with Gasteiger partial charge in [0.2, 0.25) is 0 Å². The van der Waals surface area contributed by atoms with Gasteiger partial charge in [-0.3, -0.25) is 0 Å². The topological polar surface area (TPSA) is 53.9 Å². The summed E-state index contributed by atoms with van der Waals surface area (Å²) in [6.07, 6.45) is 1.08. The van der Waals surface area contributed by atoms with Crippen molar-refractivity contribution in [3.8, 4) is 0 Å². The van der Waals surface area contributed by atoms with Crippen LogP contribution in [0.2, 0.25) is 0 Å². The summed E-state index contributed by atoms with van der Waals surface area (Å²) in [6, 6.07) is 1.99. The summed E-state index contributed by atoms with van der Waals surface area (Å²) in [5.41, 5.74) is 1.08. The third-order valence-electron chi connectivity index (χ3n) is 2.84. The van der Waals surface area contributed by atoms with Crippen molar-refractivity contribution in [1.29, 1.82) is 0 Å². The molecule has 0 amide bonds. The lowest BCUT2D eigenvalue weighted by molar-refractivity contribution is 0.855. The number of anilines is 2. The van der Waals surface area contributed by atoms with Crippen LogP contribution >= 0.6 is 11.3 Å². The first-order valence-corrected chi connectivity index (χ1v) is 7.68. The van der Waals surface area contributed by atoms with Gasteiger partial charge in [0.05, 0.1) is 17.2 Å². The number of aromatic nitrogens is 3. The quantitative estimate of drug-likeness (QED) is 0.886. The van der Waals surface area contributed by atoms with E-state index in [9.17, 15) is 0 Å². The van der Waals surface area contributed by atoms with Gasteiger partial charge in [-0.25, -0.2) is 15.0 Å². The van der Waals surface area contributed by atoms with E-state index in [1.165, 1.54) is 0 Å². The van der Waals surface area contributed by atoms with Gasteiger partial charge < -0.3 is 10.2 Å². The van der Waals surface area contributed by atoms with Crippen LogP contribution in [-0.4, -0.2) is 28.5 Å². The zero-order valence-corrected chi connectivity index (χ0v) is 13.3. The molecule has 0 fully saturated rings. The molecule has 2 aromatic heterocycles. The number of rotatable bonds is 6. The average molecular weight is 291 g/mol. The SMILES string of the molecule is CCCNc1cc(N(C)Cc2csc(C)n2)nc(C)n1. The zero-order chi connectivity index (χ0) is 14.5. The zero-order valence-electron chi connectivity index (χ0n) is 12.5. The Kier molecular flexibility index (Phi) is 4.89. The van der Waals surface area contributed by atoms with Gasteiger partial charge in [-0.05, 0) is 20.3 Å². The molecule has 2 heterocycles. The van der Waals surface area contributed by atoms with Crippen molar-refractivity contribution in [1.82, 2.24) is 15.0 Å². The van der Waals surface area contributed by atoms with E-state index in [1.807, 2.05) is 27.0 Å². The third-order valence-corrected chi connectivity index (χ3v) is 3.66. The van der Waals surface area contributed by atoms with Gasteiger partial charge in [-0.15, -0.1) is 11.3 Å². The number of thiazole rings is 1. The van der Waals surface area contributed by atoms with Crippen molar-refractivity contribution >= 4 is 23.0 Å². The first-order chi connectivity index (χ1) is 9.58. The van der Waals surface area contributed by atoms with Gasteiger partial charge in [0.15, 0.2) is 0 Å². The normalized spacial score (nSPS) is 10.6. The van der Waals surface area contributed by atoms with Gasteiger partial charge in [0.25, 0.3) is 0 Å². The lowest BCUT2D eigenvalue weighted by Crippen LogP contribution is -2.19. The van der Waals surface area contributed by atoms with E-state index >= 15 is 0 Å². The average Bonchev–Trinajstić information content (AvgIpc) is 2.81. The standard InChI is InChI=1S/C14H21N5S/c1-5-6-15-13-7-14(17-10(2)16-13)19(4)8-12-9-20-11(3)18-12/h7,9H,5-6,8H2,1-4H3,(H,15,16,17). The highest BCUT2D eigenvalue weighted by Gasteiger charge is 2.09. The Morgan fingerprint density at radius 3 is 2.70 bits per heavy atom. The molecule has 0 bridgehead atoms. The fraction of sp³-hybridized carbons (Fsp3) is 0.500. The number of nitrogens with one attached hydrogen (secondary N) is 1. The Morgan fingerprint density at radius 1 is 1.25 bits per heavy atom. The van der Waals surface area contributed by atoms with Crippen LogP contribution in [0.1, 0.15) is 29.9 Å². The largest absolute Gasteiger partial charge is 0.370 e. The van der Waals surface area contributed by atoms with Crippen LogP contribution in [0.3, 0.4) is 0 Å². The number of aryl methyl sites for hydroxylation is 2. The lowest BCUT2D eigenvalue weighted by Gasteiger charge is -2.18. The molecule has 1 N–H and O–H groups in total. The van der Waals surface area contributed by atoms with E-state index in [2.05, 4.69) is 37.5 Å². The minimum absolute atomic E-state index is 0.758. The molecule has 0 aliphatic carbocycles. The molecule has 6 heteroatoms. The molecular weight excluding hydrogens is 270 g/mol. The van der Waals surface area contributed by atoms with E-state index < -0.39 is 0 Å². The molecule has 20 heavy (non-hydrogen) atoms. The molecule has 0 saturated carbocycles. The first kappa shape index (κ1) is 14.7. The highest BCUT2D eigenvalue weighted by molar-refractivity contribution is 7.09. The lowest BCUT2D eigenvalue weighted by atomic mass is 10.4. The second kappa shape index (κ2) is 6.65. The Hall–Kier alpha value is -1.69. The highest BCUT2D eigenvalue weighted by Crippen LogP contribution is 2.18. The fourth-order valence-corrected chi connectivity index (χ4v) is 2.50. The number of hydrogen-bond acceptors (Lipinski definition) is 6. The molecule has 108 valence electrons. The third kappa shape index (κ3) is 3.90. The van der Waals surface area contributed by atoms with E-state index in [-0.39, 0.29) is 0 Å². The molecule has 0 aromatic carbocycles. The van der Waals surface area contributed by atoms with E-state index in [0.717, 1.165) is 47.7 Å². The predicted molar refractivity (Wildman–Crippen MR) is 84.5 cm³/mol. The summed E-state index contributed by atoms with van der Waals surface area (Å²) in [7, 11) is 2.03. The Morgan fingerprint density at radius 2 is 2.05 bits per heavy atom. The summed E-state index contributed by atoms with van der Waals surface area (Å²) in [4.78, 5) is 15.5. The van der Waals surface area contributed by atoms with Crippen LogP contribution in [0, 0.1) is 13.8 Å². The van der Waals surface area contributed by atoms with Crippen LogP contribution < -0.4 is 10.2 Å². The minimum atomic E-state index is 0.758. The van der Waals surface area contributed by atoms with Crippen LogP contribution in [0.25, 0.3) is 0 Å². The van der Waals surface area contributed by atoms with Crippen molar-refractivity contribution in [2.24, 2.45) is 0 Å². The molecule has 0 atom stereocenters. The van der Waals surface area contributed by atoms with E-state index in [0.29, 0.717) is 0 Å². The fourth-order valence-electron chi connectivity index (χ4n) is 1.90. The maximum Gasteiger partial charge on any atom is 0.134 e. The molecule has 0 saturated heterocycles. The van der Waals surface area contributed by atoms with Crippen LogP contribution in [-0.2, 0) is 6.54 Å². The Bertz CT molecular complexity index is 566. The molecule has 0 spiro atoms. The maximum absolute atomic E-state index is 4.50. The number of nitrogens with zero attached hydrogens (tertiary/aromatic N) is 4.